The molecule has 84 valence electrons. The first-order chi connectivity index (χ1) is 7.49. The van der Waals surface area contributed by atoms with Crippen molar-refractivity contribution in [3.8, 4) is 0 Å². The van der Waals surface area contributed by atoms with Gasteiger partial charge < -0.3 is 10.6 Å². The van der Waals surface area contributed by atoms with E-state index in [0.717, 1.165) is 22.4 Å². The third-order valence-electron chi connectivity index (χ3n) is 2.68. The van der Waals surface area contributed by atoms with Crippen molar-refractivity contribution < 1.29 is 9.59 Å². The first-order valence-corrected chi connectivity index (χ1v) is 5.18. The number of hydrogen-bond donors (Lipinski definition) is 2. The average Bonchev–Trinajstić information content (AvgIpc) is 2.45. The molecule has 0 radical (unpaired) electrons. The van der Waals surface area contributed by atoms with Gasteiger partial charge in [-0.05, 0) is 19.4 Å². The summed E-state index contributed by atoms with van der Waals surface area (Å²) in [5.41, 5.74) is 3.80. The van der Waals surface area contributed by atoms with Crippen LogP contribution in [-0.4, -0.2) is 11.8 Å². The molecule has 0 saturated heterocycles. The molecule has 0 fully saturated rings. The van der Waals surface area contributed by atoms with Crippen molar-refractivity contribution >= 4 is 17.5 Å². The Bertz CT molecular complexity index is 480. The highest BCUT2D eigenvalue weighted by atomic mass is 16.2. The van der Waals surface area contributed by atoms with Gasteiger partial charge in [0.1, 0.15) is 6.04 Å². The number of carbonyl (C=O) groups excluding carboxylic acids is 2. The zero-order valence-corrected chi connectivity index (χ0v) is 9.55. The molecule has 0 bridgehead atoms. The van der Waals surface area contributed by atoms with E-state index < -0.39 is 6.04 Å². The summed E-state index contributed by atoms with van der Waals surface area (Å²) < 4.78 is 0. The van der Waals surface area contributed by atoms with Crippen LogP contribution in [0.15, 0.2) is 12.1 Å². The summed E-state index contributed by atoms with van der Waals surface area (Å²) in [4.78, 5) is 22.7. The predicted octanol–water partition coefficient (Wildman–Crippen LogP) is 1.43. The lowest BCUT2D eigenvalue weighted by Gasteiger charge is -2.10. The number of anilines is 1. The molecule has 2 N–H and O–H groups in total. The molecule has 16 heavy (non-hydrogen) atoms. The number of fused-ring (bicyclic) bond motifs is 1. The zero-order chi connectivity index (χ0) is 11.9. The van der Waals surface area contributed by atoms with E-state index in [1.165, 1.54) is 6.92 Å². The van der Waals surface area contributed by atoms with Crippen molar-refractivity contribution in [2.45, 2.75) is 26.8 Å². The van der Waals surface area contributed by atoms with Crippen LogP contribution in [0, 0.1) is 13.8 Å². The van der Waals surface area contributed by atoms with E-state index in [0.29, 0.717) is 0 Å². The second-order valence-electron chi connectivity index (χ2n) is 4.17. The van der Waals surface area contributed by atoms with E-state index in [1.54, 1.807) is 0 Å². The number of nitrogens with one attached hydrogen (secondary N) is 2. The minimum Gasteiger partial charge on any atom is -0.341 e. The molecule has 4 heteroatoms. The van der Waals surface area contributed by atoms with Gasteiger partial charge in [-0.3, -0.25) is 9.59 Å². The third kappa shape index (κ3) is 1.66. The van der Waals surface area contributed by atoms with E-state index >= 15 is 0 Å². The van der Waals surface area contributed by atoms with Gasteiger partial charge in [-0.2, -0.15) is 0 Å². The topological polar surface area (TPSA) is 58.2 Å². The number of rotatable bonds is 1. The highest BCUT2D eigenvalue weighted by molar-refractivity contribution is 6.05. The molecule has 0 spiro atoms. The van der Waals surface area contributed by atoms with Gasteiger partial charge in [-0.15, -0.1) is 0 Å². The fourth-order valence-corrected chi connectivity index (χ4v) is 2.08. The number of carbonyl (C=O) groups is 2. The quantitative estimate of drug-likeness (QED) is 0.749. The molecule has 2 rings (SSSR count). The average molecular weight is 218 g/mol. The Hall–Kier alpha value is -1.84. The van der Waals surface area contributed by atoms with Crippen LogP contribution in [0.5, 0.6) is 0 Å². The Balaban J connectivity index is 2.47. The van der Waals surface area contributed by atoms with E-state index in [4.69, 9.17) is 0 Å². The Labute approximate surface area is 94.0 Å². The monoisotopic (exact) mass is 218 g/mol. The third-order valence-corrected chi connectivity index (χ3v) is 2.68. The highest BCUT2D eigenvalue weighted by Gasteiger charge is 2.32. The van der Waals surface area contributed by atoms with E-state index in [-0.39, 0.29) is 11.8 Å². The van der Waals surface area contributed by atoms with Crippen LogP contribution in [0.1, 0.15) is 29.7 Å². The molecule has 1 aliphatic heterocycles. The van der Waals surface area contributed by atoms with Gasteiger partial charge in [0.05, 0.1) is 0 Å². The first kappa shape index (κ1) is 10.7. The van der Waals surface area contributed by atoms with Crippen LogP contribution in [0.4, 0.5) is 5.69 Å². The van der Waals surface area contributed by atoms with E-state index in [2.05, 4.69) is 10.6 Å². The summed E-state index contributed by atoms with van der Waals surface area (Å²) in [6.07, 6.45) is 0. The van der Waals surface area contributed by atoms with Crippen molar-refractivity contribution in [3.05, 3.63) is 28.8 Å². The maximum absolute atomic E-state index is 11.7. The fraction of sp³-hybridized carbons (Fsp3) is 0.333. The molecule has 1 aromatic carbocycles. The SMILES string of the molecule is CC(=O)N[C@H]1C(=O)Nc2c(C)cc(C)cc21. The van der Waals surface area contributed by atoms with Gasteiger partial charge >= 0.3 is 0 Å². The van der Waals surface area contributed by atoms with Crippen LogP contribution in [0.25, 0.3) is 0 Å². The van der Waals surface area contributed by atoms with Crippen molar-refractivity contribution in [2.24, 2.45) is 0 Å². The summed E-state index contributed by atoms with van der Waals surface area (Å²) in [5.74, 6) is -0.369. The van der Waals surface area contributed by atoms with Crippen LogP contribution >= 0.6 is 0 Å². The summed E-state index contributed by atoms with van der Waals surface area (Å²) in [6, 6.07) is 3.39. The lowest BCUT2D eigenvalue weighted by Crippen LogP contribution is -2.30. The standard InChI is InChI=1S/C12H14N2O2/c1-6-4-7(2)10-9(5-6)11(12(16)14-10)13-8(3)15/h4-5,11H,1-3H3,(H,13,15)(H,14,16)/t11-/m1/s1. The van der Waals surface area contributed by atoms with Crippen LogP contribution in [0.2, 0.25) is 0 Å². The molecule has 1 aromatic rings. The van der Waals surface area contributed by atoms with Crippen molar-refractivity contribution in [2.75, 3.05) is 5.32 Å². The smallest absolute Gasteiger partial charge is 0.251 e. The van der Waals surface area contributed by atoms with E-state index in [9.17, 15) is 9.59 Å². The molecule has 1 aliphatic rings. The lowest BCUT2D eigenvalue weighted by atomic mass is 10.0. The maximum Gasteiger partial charge on any atom is 0.251 e. The summed E-state index contributed by atoms with van der Waals surface area (Å²) in [5, 5.41) is 5.45. The van der Waals surface area contributed by atoms with Crippen LogP contribution in [-0.2, 0) is 9.59 Å². The Morgan fingerprint density at radius 1 is 1.38 bits per heavy atom. The minimum atomic E-state index is -0.550. The maximum atomic E-state index is 11.7. The van der Waals surface area contributed by atoms with Gasteiger partial charge in [0, 0.05) is 18.2 Å². The first-order valence-electron chi connectivity index (χ1n) is 5.18. The normalized spacial score (nSPS) is 17.9. The summed E-state index contributed by atoms with van der Waals surface area (Å²) in [7, 11) is 0. The van der Waals surface area contributed by atoms with Crippen molar-refractivity contribution in [1.82, 2.24) is 5.32 Å². The zero-order valence-electron chi connectivity index (χ0n) is 9.55. The molecule has 1 heterocycles. The minimum absolute atomic E-state index is 0.168. The van der Waals surface area contributed by atoms with Crippen LogP contribution in [0.3, 0.4) is 0 Å². The van der Waals surface area contributed by atoms with Gasteiger partial charge in [0.15, 0.2) is 0 Å². The molecule has 1 atom stereocenters. The number of hydrogen-bond acceptors (Lipinski definition) is 2. The second kappa shape index (κ2) is 3.63. The highest BCUT2D eigenvalue weighted by Crippen LogP contribution is 2.34. The molecule has 0 aromatic heterocycles. The largest absolute Gasteiger partial charge is 0.341 e. The van der Waals surface area contributed by atoms with Gasteiger partial charge in [-0.1, -0.05) is 17.7 Å². The number of benzene rings is 1. The Morgan fingerprint density at radius 2 is 2.06 bits per heavy atom. The molecular formula is C12H14N2O2. The van der Waals surface area contributed by atoms with E-state index in [1.807, 2.05) is 26.0 Å². The lowest BCUT2D eigenvalue weighted by molar-refractivity contribution is -0.124. The second-order valence-corrected chi connectivity index (χ2v) is 4.17. The molecule has 2 amide bonds. The Morgan fingerprint density at radius 3 is 2.69 bits per heavy atom. The fourth-order valence-electron chi connectivity index (χ4n) is 2.08. The summed E-state index contributed by atoms with van der Waals surface area (Å²) >= 11 is 0. The summed E-state index contributed by atoms with van der Waals surface area (Å²) in [6.45, 7) is 5.33. The predicted molar refractivity (Wildman–Crippen MR) is 61.1 cm³/mol. The number of amides is 2. The number of aryl methyl sites for hydroxylation is 2. The Kier molecular flexibility index (Phi) is 2.42. The molecule has 0 unspecified atom stereocenters. The van der Waals surface area contributed by atoms with Crippen molar-refractivity contribution in [1.29, 1.82) is 0 Å². The molecule has 0 saturated carbocycles. The molecular weight excluding hydrogens is 204 g/mol. The van der Waals surface area contributed by atoms with Gasteiger partial charge in [0.25, 0.3) is 5.91 Å². The molecule has 4 nitrogen and oxygen atoms in total. The molecule has 0 aliphatic carbocycles. The van der Waals surface area contributed by atoms with Crippen molar-refractivity contribution in [3.63, 3.8) is 0 Å². The van der Waals surface area contributed by atoms with Crippen LogP contribution < -0.4 is 10.6 Å². The van der Waals surface area contributed by atoms with Gasteiger partial charge in [0.2, 0.25) is 5.91 Å². The van der Waals surface area contributed by atoms with Gasteiger partial charge in [-0.25, -0.2) is 0 Å².